The summed E-state index contributed by atoms with van der Waals surface area (Å²) in [5, 5.41) is 5.86. The quantitative estimate of drug-likeness (QED) is 0.640. The Labute approximate surface area is 108 Å². The number of carbonyl (C=O) groups excluding carboxylic acids is 2. The van der Waals surface area contributed by atoms with Crippen molar-refractivity contribution in [3.63, 3.8) is 0 Å². The third kappa shape index (κ3) is 3.96. The van der Waals surface area contributed by atoms with Gasteiger partial charge in [-0.25, -0.2) is 0 Å². The molecular formula is C12H23N3O3. The van der Waals surface area contributed by atoms with Crippen LogP contribution in [0.3, 0.4) is 0 Å². The number of nitrogens with zero attached hydrogens (tertiary/aromatic N) is 1. The van der Waals surface area contributed by atoms with Crippen LogP contribution in [-0.2, 0) is 14.3 Å². The van der Waals surface area contributed by atoms with E-state index in [0.29, 0.717) is 19.6 Å². The molecule has 0 bridgehead atoms. The van der Waals surface area contributed by atoms with Crippen molar-refractivity contribution in [2.24, 2.45) is 0 Å². The van der Waals surface area contributed by atoms with Gasteiger partial charge in [-0.05, 0) is 13.8 Å². The third-order valence-electron chi connectivity index (χ3n) is 3.17. The van der Waals surface area contributed by atoms with Crippen molar-refractivity contribution in [1.29, 1.82) is 0 Å². The summed E-state index contributed by atoms with van der Waals surface area (Å²) in [6.45, 7) is 6.36. The zero-order valence-corrected chi connectivity index (χ0v) is 11.4. The highest BCUT2D eigenvalue weighted by Gasteiger charge is 2.32. The van der Waals surface area contributed by atoms with Crippen molar-refractivity contribution < 1.29 is 14.3 Å². The van der Waals surface area contributed by atoms with Crippen LogP contribution < -0.4 is 10.6 Å². The summed E-state index contributed by atoms with van der Waals surface area (Å²) in [4.78, 5) is 25.3. The molecule has 6 nitrogen and oxygen atoms in total. The number of rotatable bonds is 5. The molecule has 6 heteroatoms. The SMILES string of the molecule is CCOC(=O)CC(C)N1CCNCC1C(=O)NC. The molecule has 1 aliphatic heterocycles. The summed E-state index contributed by atoms with van der Waals surface area (Å²) < 4.78 is 4.94. The highest BCUT2D eigenvalue weighted by atomic mass is 16.5. The molecule has 104 valence electrons. The topological polar surface area (TPSA) is 70.7 Å². The van der Waals surface area contributed by atoms with Crippen LogP contribution in [0.25, 0.3) is 0 Å². The second-order valence-corrected chi connectivity index (χ2v) is 4.43. The standard InChI is InChI=1S/C12H23N3O3/c1-4-18-11(16)7-9(2)15-6-5-14-8-10(15)12(17)13-3/h9-10,14H,4-8H2,1-3H3,(H,13,17). The normalized spacial score (nSPS) is 22.3. The molecule has 0 aromatic carbocycles. The number of esters is 1. The first-order valence-electron chi connectivity index (χ1n) is 6.43. The average Bonchev–Trinajstić information content (AvgIpc) is 2.38. The first-order chi connectivity index (χ1) is 8.60. The second-order valence-electron chi connectivity index (χ2n) is 4.43. The number of hydrogen-bond donors (Lipinski definition) is 2. The second kappa shape index (κ2) is 7.33. The van der Waals surface area contributed by atoms with Gasteiger partial charge in [0.05, 0.1) is 13.0 Å². The molecule has 1 heterocycles. The van der Waals surface area contributed by atoms with Crippen molar-refractivity contribution >= 4 is 11.9 Å². The Morgan fingerprint density at radius 2 is 2.28 bits per heavy atom. The van der Waals surface area contributed by atoms with Gasteiger partial charge in [0.25, 0.3) is 0 Å². The zero-order valence-electron chi connectivity index (χ0n) is 11.4. The third-order valence-corrected chi connectivity index (χ3v) is 3.17. The Kier molecular flexibility index (Phi) is 6.07. The fraction of sp³-hybridized carbons (Fsp3) is 0.833. The van der Waals surface area contributed by atoms with Crippen molar-refractivity contribution in [3.8, 4) is 0 Å². The highest BCUT2D eigenvalue weighted by Crippen LogP contribution is 2.12. The molecule has 0 aromatic rings. The van der Waals surface area contributed by atoms with E-state index in [1.54, 1.807) is 14.0 Å². The Bertz CT molecular complexity index is 296. The van der Waals surface area contributed by atoms with Gasteiger partial charge in [-0.1, -0.05) is 0 Å². The Morgan fingerprint density at radius 1 is 1.56 bits per heavy atom. The summed E-state index contributed by atoms with van der Waals surface area (Å²) >= 11 is 0. The molecule has 2 unspecified atom stereocenters. The predicted molar refractivity (Wildman–Crippen MR) is 68.1 cm³/mol. The molecule has 0 radical (unpaired) electrons. The summed E-state index contributed by atoms with van der Waals surface area (Å²) in [5.74, 6) is -0.225. The molecule has 18 heavy (non-hydrogen) atoms. The first kappa shape index (κ1) is 14.9. The summed E-state index contributed by atoms with van der Waals surface area (Å²) in [7, 11) is 1.63. The van der Waals surface area contributed by atoms with E-state index >= 15 is 0 Å². The molecule has 2 N–H and O–H groups in total. The monoisotopic (exact) mass is 257 g/mol. The number of hydrogen-bond acceptors (Lipinski definition) is 5. The summed E-state index contributed by atoms with van der Waals surface area (Å²) in [6.07, 6.45) is 0.321. The van der Waals surface area contributed by atoms with Crippen molar-refractivity contribution in [2.45, 2.75) is 32.4 Å². The maximum atomic E-state index is 11.8. The van der Waals surface area contributed by atoms with Gasteiger partial charge in [0, 0.05) is 32.7 Å². The smallest absolute Gasteiger partial charge is 0.307 e. The zero-order chi connectivity index (χ0) is 13.5. The van der Waals surface area contributed by atoms with Crippen molar-refractivity contribution in [3.05, 3.63) is 0 Å². The Morgan fingerprint density at radius 3 is 2.89 bits per heavy atom. The molecule has 0 saturated carbocycles. The minimum absolute atomic E-state index is 0.00782. The number of piperazine rings is 1. The first-order valence-corrected chi connectivity index (χ1v) is 6.43. The van der Waals surface area contributed by atoms with E-state index in [9.17, 15) is 9.59 Å². The van der Waals surface area contributed by atoms with E-state index in [0.717, 1.165) is 13.1 Å². The summed E-state index contributed by atoms with van der Waals surface area (Å²) in [6, 6.07) is -0.207. The fourth-order valence-electron chi connectivity index (χ4n) is 2.24. The molecule has 0 spiro atoms. The van der Waals surface area contributed by atoms with Crippen LogP contribution in [0.1, 0.15) is 20.3 Å². The van der Waals surface area contributed by atoms with Gasteiger partial charge >= 0.3 is 5.97 Å². The van der Waals surface area contributed by atoms with Crippen LogP contribution in [0, 0.1) is 0 Å². The van der Waals surface area contributed by atoms with Gasteiger partial charge < -0.3 is 15.4 Å². The number of likely N-dealkylation sites (N-methyl/N-ethyl adjacent to an activating group) is 1. The summed E-state index contributed by atoms with van der Waals surface area (Å²) in [5.41, 5.74) is 0. The van der Waals surface area contributed by atoms with Crippen LogP contribution >= 0.6 is 0 Å². The number of carbonyl (C=O) groups is 2. The fourth-order valence-corrected chi connectivity index (χ4v) is 2.24. The number of nitrogens with one attached hydrogen (secondary N) is 2. The molecule has 0 aliphatic carbocycles. The molecule has 2 atom stereocenters. The maximum Gasteiger partial charge on any atom is 0.307 e. The lowest BCUT2D eigenvalue weighted by Crippen LogP contribution is -2.60. The van der Waals surface area contributed by atoms with Crippen molar-refractivity contribution in [2.75, 3.05) is 33.3 Å². The van der Waals surface area contributed by atoms with Crippen LogP contribution in [0.2, 0.25) is 0 Å². The van der Waals surface area contributed by atoms with Gasteiger partial charge in [0.2, 0.25) is 5.91 Å². The molecule has 1 rings (SSSR count). The minimum atomic E-state index is -0.215. The number of amides is 1. The van der Waals surface area contributed by atoms with Crippen LogP contribution in [-0.4, -0.2) is 62.1 Å². The van der Waals surface area contributed by atoms with E-state index in [-0.39, 0.29) is 24.0 Å². The van der Waals surface area contributed by atoms with E-state index < -0.39 is 0 Å². The molecule has 1 amide bonds. The lowest BCUT2D eigenvalue weighted by atomic mass is 10.1. The highest BCUT2D eigenvalue weighted by molar-refractivity contribution is 5.82. The molecular weight excluding hydrogens is 234 g/mol. The number of ether oxygens (including phenoxy) is 1. The average molecular weight is 257 g/mol. The molecule has 1 saturated heterocycles. The minimum Gasteiger partial charge on any atom is -0.466 e. The van der Waals surface area contributed by atoms with Crippen LogP contribution in [0.5, 0.6) is 0 Å². The lowest BCUT2D eigenvalue weighted by molar-refractivity contribution is -0.145. The van der Waals surface area contributed by atoms with Gasteiger partial charge in [-0.15, -0.1) is 0 Å². The van der Waals surface area contributed by atoms with Crippen LogP contribution in [0.4, 0.5) is 0 Å². The van der Waals surface area contributed by atoms with E-state index in [4.69, 9.17) is 4.74 Å². The molecule has 0 aromatic heterocycles. The van der Waals surface area contributed by atoms with Gasteiger partial charge in [-0.3, -0.25) is 14.5 Å². The van der Waals surface area contributed by atoms with Gasteiger partial charge in [-0.2, -0.15) is 0 Å². The van der Waals surface area contributed by atoms with Crippen LogP contribution in [0.15, 0.2) is 0 Å². The molecule has 1 aliphatic rings. The lowest BCUT2D eigenvalue weighted by Gasteiger charge is -2.38. The van der Waals surface area contributed by atoms with Crippen molar-refractivity contribution in [1.82, 2.24) is 15.5 Å². The largest absolute Gasteiger partial charge is 0.466 e. The van der Waals surface area contributed by atoms with E-state index in [2.05, 4.69) is 15.5 Å². The van der Waals surface area contributed by atoms with E-state index in [1.165, 1.54) is 0 Å². The maximum absolute atomic E-state index is 11.8. The predicted octanol–water partition coefficient (Wildman–Crippen LogP) is -0.652. The molecule has 1 fully saturated rings. The van der Waals surface area contributed by atoms with E-state index in [1.807, 2.05) is 6.92 Å². The van der Waals surface area contributed by atoms with Gasteiger partial charge in [0.1, 0.15) is 6.04 Å². The Balaban J connectivity index is 2.59. The Hall–Kier alpha value is -1.14. The van der Waals surface area contributed by atoms with Gasteiger partial charge in [0.15, 0.2) is 0 Å².